The van der Waals surface area contributed by atoms with Gasteiger partial charge < -0.3 is 13.8 Å². The number of rotatable bonds is 6. The molecule has 1 N–H and O–H groups in total. The van der Waals surface area contributed by atoms with Crippen LogP contribution >= 0.6 is 0 Å². The van der Waals surface area contributed by atoms with E-state index in [9.17, 15) is 8.42 Å². The van der Waals surface area contributed by atoms with Crippen molar-refractivity contribution < 1.29 is 17.7 Å². The van der Waals surface area contributed by atoms with Crippen molar-refractivity contribution in [2.75, 3.05) is 7.11 Å². The van der Waals surface area contributed by atoms with Crippen LogP contribution in [0.25, 0.3) is 11.3 Å². The smallest absolute Gasteiger partial charge is 0.244 e. The molecule has 3 rings (SSSR count). The molecule has 0 spiro atoms. The van der Waals surface area contributed by atoms with E-state index in [1.165, 1.54) is 25.7 Å². The van der Waals surface area contributed by atoms with Gasteiger partial charge in [0, 0.05) is 18.7 Å². The van der Waals surface area contributed by atoms with Crippen LogP contribution in [0.1, 0.15) is 18.8 Å². The molecule has 0 fully saturated rings. The average molecular weight is 363 g/mol. The second-order valence-electron chi connectivity index (χ2n) is 5.39. The number of methoxy groups -OCH3 is 1. The van der Waals surface area contributed by atoms with Gasteiger partial charge in [0.25, 0.3) is 0 Å². The van der Waals surface area contributed by atoms with Crippen LogP contribution in [0.3, 0.4) is 0 Å². The van der Waals surface area contributed by atoms with E-state index in [2.05, 4.69) is 20.1 Å². The third kappa shape index (κ3) is 3.39. The first-order valence-corrected chi connectivity index (χ1v) is 8.86. The number of benzene rings is 1. The summed E-state index contributed by atoms with van der Waals surface area (Å²) in [6.07, 6.45) is 2.99. The third-order valence-corrected chi connectivity index (χ3v) is 5.20. The van der Waals surface area contributed by atoms with Crippen molar-refractivity contribution in [2.24, 2.45) is 7.05 Å². The van der Waals surface area contributed by atoms with Crippen LogP contribution in [0.2, 0.25) is 0 Å². The highest BCUT2D eigenvalue weighted by atomic mass is 32.2. The Bertz CT molecular complexity index is 966. The molecule has 0 aliphatic carbocycles. The average Bonchev–Trinajstić information content (AvgIpc) is 3.25. The molecule has 1 aromatic carbocycles. The zero-order chi connectivity index (χ0) is 18.0. The first-order chi connectivity index (χ1) is 11.9. The summed E-state index contributed by atoms with van der Waals surface area (Å²) in [4.78, 5) is -0.00193. The second-order valence-corrected chi connectivity index (χ2v) is 7.07. The number of sulfonamides is 1. The Balaban J connectivity index is 1.98. The van der Waals surface area contributed by atoms with Gasteiger partial charge in [0.15, 0.2) is 5.76 Å². The van der Waals surface area contributed by atoms with Crippen molar-refractivity contribution in [3.63, 3.8) is 0 Å². The Morgan fingerprint density at radius 3 is 2.72 bits per heavy atom. The molecule has 0 unspecified atom stereocenters. The first-order valence-electron chi connectivity index (χ1n) is 7.37. The molecule has 1 atom stereocenters. The lowest BCUT2D eigenvalue weighted by Gasteiger charge is -2.15. The highest BCUT2D eigenvalue weighted by Gasteiger charge is 2.25. The van der Waals surface area contributed by atoms with E-state index < -0.39 is 16.1 Å². The topological polar surface area (TPSA) is 112 Å². The fraction of sp³-hybridized carbons (Fsp3) is 0.267. The summed E-state index contributed by atoms with van der Waals surface area (Å²) in [7, 11) is -0.724. The van der Waals surface area contributed by atoms with Crippen LogP contribution in [0.5, 0.6) is 5.75 Å². The Morgan fingerprint density at radius 1 is 1.32 bits per heavy atom. The molecule has 10 heteroatoms. The molecule has 9 nitrogen and oxygen atoms in total. The summed E-state index contributed by atoms with van der Waals surface area (Å²) in [6.45, 7) is 1.69. The van der Waals surface area contributed by atoms with E-state index in [-0.39, 0.29) is 10.6 Å². The van der Waals surface area contributed by atoms with Crippen molar-refractivity contribution >= 4 is 10.0 Å². The Kier molecular flexibility index (Phi) is 4.55. The molecule has 0 saturated heterocycles. The lowest BCUT2D eigenvalue weighted by Crippen LogP contribution is -2.29. The molecule has 0 aliphatic heterocycles. The van der Waals surface area contributed by atoms with E-state index in [1.54, 1.807) is 36.7 Å². The highest BCUT2D eigenvalue weighted by molar-refractivity contribution is 7.89. The van der Waals surface area contributed by atoms with Gasteiger partial charge in [0.1, 0.15) is 22.8 Å². The van der Waals surface area contributed by atoms with Gasteiger partial charge in [-0.2, -0.15) is 0 Å². The number of ether oxygens (including phenoxy) is 1. The third-order valence-electron chi connectivity index (χ3n) is 3.64. The molecule has 2 aromatic heterocycles. The van der Waals surface area contributed by atoms with Gasteiger partial charge >= 0.3 is 0 Å². The van der Waals surface area contributed by atoms with Gasteiger partial charge in [-0.05, 0) is 25.1 Å². The van der Waals surface area contributed by atoms with Gasteiger partial charge in [-0.3, -0.25) is 0 Å². The Morgan fingerprint density at radius 2 is 2.12 bits per heavy atom. The summed E-state index contributed by atoms with van der Waals surface area (Å²) in [6, 6.07) is 5.82. The van der Waals surface area contributed by atoms with Crippen molar-refractivity contribution in [1.82, 2.24) is 24.6 Å². The Hall–Kier alpha value is -2.72. The molecular weight excluding hydrogens is 346 g/mol. The lowest BCUT2D eigenvalue weighted by atomic mass is 10.2. The summed E-state index contributed by atoms with van der Waals surface area (Å²) < 4.78 is 40.2. The van der Waals surface area contributed by atoms with Crippen LogP contribution in [0.4, 0.5) is 0 Å². The molecule has 132 valence electrons. The predicted molar refractivity (Wildman–Crippen MR) is 88.2 cm³/mol. The molecule has 0 radical (unpaired) electrons. The lowest BCUT2D eigenvalue weighted by molar-refractivity contribution is 0.401. The number of aromatic nitrogens is 4. The standard InChI is InChI=1S/C15H17N5O4S/c1-10(15-18-16-9-20(15)2)19-25(21,22)14-8-11(4-5-13(14)23-3)12-6-7-17-24-12/h4-10,19H,1-3H3/t10-/m0/s1. The predicted octanol–water partition coefficient (Wildman–Crippen LogP) is 1.52. The fourth-order valence-electron chi connectivity index (χ4n) is 2.44. The summed E-state index contributed by atoms with van der Waals surface area (Å²) in [5.41, 5.74) is 0.574. The molecule has 0 bridgehead atoms. The van der Waals surface area contributed by atoms with Gasteiger partial charge in [-0.15, -0.1) is 10.2 Å². The minimum Gasteiger partial charge on any atom is -0.495 e. The van der Waals surface area contributed by atoms with E-state index in [4.69, 9.17) is 9.26 Å². The summed E-state index contributed by atoms with van der Waals surface area (Å²) in [5.74, 6) is 1.18. The van der Waals surface area contributed by atoms with E-state index in [1.807, 2.05) is 0 Å². The Labute approximate surface area is 144 Å². The van der Waals surface area contributed by atoms with Crippen LogP contribution in [-0.2, 0) is 17.1 Å². The molecule has 0 saturated carbocycles. The van der Waals surface area contributed by atoms with Crippen LogP contribution in [0, 0.1) is 0 Å². The summed E-state index contributed by atoms with van der Waals surface area (Å²) in [5, 5.41) is 11.3. The maximum Gasteiger partial charge on any atom is 0.244 e. The maximum atomic E-state index is 12.9. The quantitative estimate of drug-likeness (QED) is 0.706. The number of hydrogen-bond donors (Lipinski definition) is 1. The molecule has 2 heterocycles. The van der Waals surface area contributed by atoms with Crippen molar-refractivity contribution in [2.45, 2.75) is 17.9 Å². The zero-order valence-corrected chi connectivity index (χ0v) is 14.7. The molecule has 3 aromatic rings. The number of nitrogens with one attached hydrogen (secondary N) is 1. The zero-order valence-electron chi connectivity index (χ0n) is 13.9. The monoisotopic (exact) mass is 363 g/mol. The van der Waals surface area contributed by atoms with Crippen molar-refractivity contribution in [3.8, 4) is 17.1 Å². The molecule has 0 aliphatic rings. The number of nitrogens with zero attached hydrogens (tertiary/aromatic N) is 4. The number of aryl methyl sites for hydroxylation is 1. The molecular formula is C15H17N5O4S. The fourth-order valence-corrected chi connectivity index (χ4v) is 3.83. The highest BCUT2D eigenvalue weighted by Crippen LogP contribution is 2.30. The van der Waals surface area contributed by atoms with Gasteiger partial charge in [0.2, 0.25) is 10.0 Å². The molecule has 0 amide bonds. The van der Waals surface area contributed by atoms with E-state index >= 15 is 0 Å². The van der Waals surface area contributed by atoms with Crippen LogP contribution in [0.15, 0.2) is 46.2 Å². The first kappa shape index (κ1) is 17.1. The maximum absolute atomic E-state index is 12.9. The largest absolute Gasteiger partial charge is 0.495 e. The minimum atomic E-state index is -3.88. The van der Waals surface area contributed by atoms with Gasteiger partial charge in [-0.25, -0.2) is 13.1 Å². The SMILES string of the molecule is COc1ccc(-c2ccno2)cc1S(=O)(=O)N[C@@H](C)c1nncn1C. The molecule has 25 heavy (non-hydrogen) atoms. The van der Waals surface area contributed by atoms with Gasteiger partial charge in [0.05, 0.1) is 19.3 Å². The van der Waals surface area contributed by atoms with Crippen LogP contribution in [-0.4, -0.2) is 35.4 Å². The van der Waals surface area contributed by atoms with Crippen molar-refractivity contribution in [1.29, 1.82) is 0 Å². The van der Waals surface area contributed by atoms with Crippen LogP contribution < -0.4 is 9.46 Å². The second kappa shape index (κ2) is 6.65. The van der Waals surface area contributed by atoms with E-state index in [0.717, 1.165) is 0 Å². The number of hydrogen-bond acceptors (Lipinski definition) is 7. The van der Waals surface area contributed by atoms with Gasteiger partial charge in [-0.1, -0.05) is 5.16 Å². The van der Waals surface area contributed by atoms with Crippen molar-refractivity contribution in [3.05, 3.63) is 42.6 Å². The summed E-state index contributed by atoms with van der Waals surface area (Å²) >= 11 is 0. The normalized spacial score (nSPS) is 12.9. The van der Waals surface area contributed by atoms with E-state index in [0.29, 0.717) is 17.1 Å². The minimum absolute atomic E-state index is 0.00193.